The molecular weight excluding hydrogens is 326 g/mol. The SMILES string of the molecule is CCN(CC)c1ccc(NC(=O)CCCOc2ccccc2N)c(C)c1. The molecule has 3 N–H and O–H groups in total. The first-order valence-corrected chi connectivity index (χ1v) is 9.17. The number of hydrogen-bond acceptors (Lipinski definition) is 4. The molecule has 0 atom stereocenters. The fourth-order valence-electron chi connectivity index (χ4n) is 2.81. The van der Waals surface area contributed by atoms with E-state index in [1.54, 1.807) is 6.07 Å². The molecule has 2 rings (SSSR count). The van der Waals surface area contributed by atoms with Crippen molar-refractivity contribution in [3.8, 4) is 5.75 Å². The Morgan fingerprint density at radius 3 is 2.54 bits per heavy atom. The fraction of sp³-hybridized carbons (Fsp3) is 0.381. The molecule has 140 valence electrons. The highest BCUT2D eigenvalue weighted by Gasteiger charge is 2.08. The van der Waals surface area contributed by atoms with E-state index in [0.717, 1.165) is 24.3 Å². The summed E-state index contributed by atoms with van der Waals surface area (Å²) >= 11 is 0. The van der Waals surface area contributed by atoms with Crippen LogP contribution >= 0.6 is 0 Å². The molecule has 0 aromatic heterocycles. The van der Waals surface area contributed by atoms with E-state index in [1.807, 2.05) is 31.2 Å². The maximum Gasteiger partial charge on any atom is 0.224 e. The van der Waals surface area contributed by atoms with Crippen LogP contribution in [0, 0.1) is 6.92 Å². The monoisotopic (exact) mass is 355 g/mol. The smallest absolute Gasteiger partial charge is 0.224 e. The summed E-state index contributed by atoms with van der Waals surface area (Å²) in [6.45, 7) is 8.69. The molecule has 0 saturated heterocycles. The van der Waals surface area contributed by atoms with Crippen LogP contribution in [-0.4, -0.2) is 25.6 Å². The molecule has 0 radical (unpaired) electrons. The number of aryl methyl sites for hydroxylation is 1. The Morgan fingerprint density at radius 2 is 1.88 bits per heavy atom. The van der Waals surface area contributed by atoms with Gasteiger partial charge in [0.25, 0.3) is 0 Å². The van der Waals surface area contributed by atoms with E-state index in [0.29, 0.717) is 30.9 Å². The third kappa shape index (κ3) is 5.41. The minimum atomic E-state index is -0.00618. The minimum absolute atomic E-state index is 0.00618. The van der Waals surface area contributed by atoms with Crippen molar-refractivity contribution in [1.82, 2.24) is 0 Å². The molecule has 26 heavy (non-hydrogen) atoms. The highest BCUT2D eigenvalue weighted by molar-refractivity contribution is 5.91. The summed E-state index contributed by atoms with van der Waals surface area (Å²) in [6, 6.07) is 13.5. The van der Waals surface area contributed by atoms with Crippen LogP contribution in [-0.2, 0) is 4.79 Å². The molecule has 0 aliphatic rings. The molecule has 0 unspecified atom stereocenters. The number of benzene rings is 2. The van der Waals surface area contributed by atoms with Gasteiger partial charge in [-0.25, -0.2) is 0 Å². The molecular formula is C21H29N3O2. The Kier molecular flexibility index (Phi) is 7.33. The zero-order valence-electron chi connectivity index (χ0n) is 15.9. The van der Waals surface area contributed by atoms with Gasteiger partial charge in [-0.3, -0.25) is 4.79 Å². The molecule has 0 heterocycles. The molecule has 0 fully saturated rings. The van der Waals surface area contributed by atoms with Crippen LogP contribution in [0.15, 0.2) is 42.5 Å². The predicted octanol–water partition coefficient (Wildman–Crippen LogP) is 4.22. The lowest BCUT2D eigenvalue weighted by atomic mass is 10.1. The minimum Gasteiger partial charge on any atom is -0.491 e. The Morgan fingerprint density at radius 1 is 1.15 bits per heavy atom. The molecule has 0 aliphatic carbocycles. The second-order valence-electron chi connectivity index (χ2n) is 6.21. The summed E-state index contributed by atoms with van der Waals surface area (Å²) in [6.07, 6.45) is 1.04. The van der Waals surface area contributed by atoms with Gasteiger partial charge in [-0.2, -0.15) is 0 Å². The Hall–Kier alpha value is -2.69. The normalized spacial score (nSPS) is 10.4. The van der Waals surface area contributed by atoms with Crippen LogP contribution in [0.3, 0.4) is 0 Å². The molecule has 2 aromatic carbocycles. The van der Waals surface area contributed by atoms with E-state index in [-0.39, 0.29) is 5.91 Å². The van der Waals surface area contributed by atoms with Crippen LogP contribution < -0.4 is 20.7 Å². The highest BCUT2D eigenvalue weighted by atomic mass is 16.5. The Bertz CT molecular complexity index is 727. The summed E-state index contributed by atoms with van der Waals surface area (Å²) in [5.41, 5.74) is 9.55. The van der Waals surface area contributed by atoms with Gasteiger partial charge in [0.1, 0.15) is 5.75 Å². The largest absolute Gasteiger partial charge is 0.491 e. The van der Waals surface area contributed by atoms with Gasteiger partial charge >= 0.3 is 0 Å². The van der Waals surface area contributed by atoms with E-state index >= 15 is 0 Å². The third-order valence-corrected chi connectivity index (χ3v) is 4.34. The maximum atomic E-state index is 12.2. The van der Waals surface area contributed by atoms with E-state index in [1.165, 1.54) is 5.69 Å². The van der Waals surface area contributed by atoms with Crippen molar-refractivity contribution in [1.29, 1.82) is 0 Å². The summed E-state index contributed by atoms with van der Waals surface area (Å²) in [4.78, 5) is 14.5. The quantitative estimate of drug-likeness (QED) is 0.522. The molecule has 5 nitrogen and oxygen atoms in total. The second-order valence-corrected chi connectivity index (χ2v) is 6.21. The van der Waals surface area contributed by atoms with Gasteiger partial charge in [-0.1, -0.05) is 12.1 Å². The lowest BCUT2D eigenvalue weighted by molar-refractivity contribution is -0.116. The van der Waals surface area contributed by atoms with Crippen molar-refractivity contribution in [2.24, 2.45) is 0 Å². The number of nitrogens with one attached hydrogen (secondary N) is 1. The number of nitrogen functional groups attached to an aromatic ring is 1. The molecule has 2 aromatic rings. The van der Waals surface area contributed by atoms with Gasteiger partial charge in [-0.15, -0.1) is 0 Å². The summed E-state index contributed by atoms with van der Waals surface area (Å²) < 4.78 is 5.62. The number of carbonyl (C=O) groups is 1. The number of carbonyl (C=O) groups excluding carboxylic acids is 1. The fourth-order valence-corrected chi connectivity index (χ4v) is 2.81. The van der Waals surface area contributed by atoms with Crippen molar-refractivity contribution in [3.05, 3.63) is 48.0 Å². The molecule has 1 amide bonds. The highest BCUT2D eigenvalue weighted by Crippen LogP contribution is 2.23. The lowest BCUT2D eigenvalue weighted by Gasteiger charge is -2.22. The van der Waals surface area contributed by atoms with E-state index in [2.05, 4.69) is 36.2 Å². The van der Waals surface area contributed by atoms with Crippen LogP contribution in [0.5, 0.6) is 5.75 Å². The first-order chi connectivity index (χ1) is 12.5. The second kappa shape index (κ2) is 9.70. The van der Waals surface area contributed by atoms with Gasteiger partial charge in [0.15, 0.2) is 0 Å². The zero-order chi connectivity index (χ0) is 18.9. The van der Waals surface area contributed by atoms with Gasteiger partial charge in [0.05, 0.1) is 12.3 Å². The van der Waals surface area contributed by atoms with Gasteiger partial charge in [0.2, 0.25) is 5.91 Å². The average molecular weight is 355 g/mol. The summed E-state index contributed by atoms with van der Waals surface area (Å²) in [7, 11) is 0. The number of nitrogens with zero attached hydrogens (tertiary/aromatic N) is 1. The number of hydrogen-bond donors (Lipinski definition) is 2. The molecule has 0 spiro atoms. The van der Waals surface area contributed by atoms with Gasteiger partial charge in [0, 0.05) is 30.9 Å². The van der Waals surface area contributed by atoms with Crippen molar-refractivity contribution in [2.45, 2.75) is 33.6 Å². The maximum absolute atomic E-state index is 12.2. The van der Waals surface area contributed by atoms with Crippen LogP contribution in [0.1, 0.15) is 32.3 Å². The van der Waals surface area contributed by atoms with Crippen LogP contribution in [0.4, 0.5) is 17.1 Å². The molecule has 0 bridgehead atoms. The predicted molar refractivity (Wildman–Crippen MR) is 109 cm³/mol. The first-order valence-electron chi connectivity index (χ1n) is 9.17. The Balaban J connectivity index is 1.81. The number of para-hydroxylation sites is 2. The Labute approximate surface area is 156 Å². The number of anilines is 3. The van der Waals surface area contributed by atoms with Gasteiger partial charge < -0.3 is 20.7 Å². The van der Waals surface area contributed by atoms with Crippen LogP contribution in [0.25, 0.3) is 0 Å². The standard InChI is InChI=1S/C21H29N3O2/c1-4-24(5-2)17-12-13-19(16(3)15-17)23-21(25)11-8-14-26-20-10-7-6-9-18(20)22/h6-7,9-10,12-13,15H,4-5,8,11,14,22H2,1-3H3,(H,23,25). The third-order valence-electron chi connectivity index (χ3n) is 4.34. The average Bonchev–Trinajstić information content (AvgIpc) is 2.63. The van der Waals surface area contributed by atoms with Crippen molar-refractivity contribution < 1.29 is 9.53 Å². The zero-order valence-corrected chi connectivity index (χ0v) is 15.9. The van der Waals surface area contributed by atoms with Crippen molar-refractivity contribution >= 4 is 23.0 Å². The number of amides is 1. The summed E-state index contributed by atoms with van der Waals surface area (Å²) in [5, 5.41) is 2.98. The molecule has 5 heteroatoms. The molecule has 0 aliphatic heterocycles. The van der Waals surface area contributed by atoms with E-state index < -0.39 is 0 Å². The summed E-state index contributed by atoms with van der Waals surface area (Å²) in [5.74, 6) is 0.657. The van der Waals surface area contributed by atoms with E-state index in [4.69, 9.17) is 10.5 Å². The van der Waals surface area contributed by atoms with E-state index in [9.17, 15) is 4.79 Å². The number of nitrogens with two attached hydrogens (primary N) is 1. The topological polar surface area (TPSA) is 67.6 Å². The molecule has 0 saturated carbocycles. The lowest BCUT2D eigenvalue weighted by Crippen LogP contribution is -2.22. The first kappa shape index (κ1) is 19.6. The van der Waals surface area contributed by atoms with Crippen molar-refractivity contribution in [2.75, 3.05) is 35.6 Å². The van der Waals surface area contributed by atoms with Gasteiger partial charge in [-0.05, 0) is 63.1 Å². The number of ether oxygens (including phenoxy) is 1. The number of rotatable bonds is 9. The van der Waals surface area contributed by atoms with Crippen LogP contribution in [0.2, 0.25) is 0 Å². The van der Waals surface area contributed by atoms with Crippen molar-refractivity contribution in [3.63, 3.8) is 0 Å².